The topological polar surface area (TPSA) is 29.3 Å². The predicted molar refractivity (Wildman–Crippen MR) is 66.0 cm³/mol. The van der Waals surface area contributed by atoms with Crippen molar-refractivity contribution < 1.29 is 13.2 Å². The van der Waals surface area contributed by atoms with Gasteiger partial charge in [-0.25, -0.2) is 13.8 Å². The van der Waals surface area contributed by atoms with Crippen LogP contribution in [0.1, 0.15) is 0 Å². The van der Waals surface area contributed by atoms with E-state index in [1.165, 1.54) is 6.26 Å². The number of pyridine rings is 1. The van der Waals surface area contributed by atoms with Crippen molar-refractivity contribution in [3.8, 4) is 0 Å². The zero-order valence-corrected chi connectivity index (χ0v) is 10.5. The maximum Gasteiger partial charge on any atom is 0.255 e. The van der Waals surface area contributed by atoms with Crippen LogP contribution in [0.2, 0.25) is 0 Å². The molecule has 0 fully saturated rings. The van der Waals surface area contributed by atoms with Gasteiger partial charge in [-0.05, 0) is 12.1 Å². The zero-order valence-electron chi connectivity index (χ0n) is 8.94. The van der Waals surface area contributed by atoms with Crippen molar-refractivity contribution in [1.82, 2.24) is 4.98 Å². The molecule has 2 rings (SSSR count). The Morgan fingerprint density at radius 2 is 2.24 bits per heavy atom. The van der Waals surface area contributed by atoms with E-state index in [4.69, 9.17) is 4.42 Å². The second-order valence-corrected chi connectivity index (χ2v) is 4.29. The zero-order chi connectivity index (χ0) is 12.3. The number of furan rings is 1. The number of anilines is 1. The molecule has 0 amide bonds. The standard InChI is InChI=1S/C11H11BrF2N2O/c12-3-5-16(7-10(13)14)11-8-2-6-17-9(8)1-4-15-11/h1-2,4,6,10H,3,5,7H2. The van der Waals surface area contributed by atoms with E-state index in [9.17, 15) is 8.78 Å². The Kier molecular flexibility index (Phi) is 3.93. The van der Waals surface area contributed by atoms with Crippen molar-refractivity contribution in [1.29, 1.82) is 0 Å². The Bertz CT molecular complexity index is 489. The number of halogens is 3. The second kappa shape index (κ2) is 5.44. The van der Waals surface area contributed by atoms with Crippen LogP contribution in [0.4, 0.5) is 14.6 Å². The van der Waals surface area contributed by atoms with Crippen LogP contribution in [0.25, 0.3) is 11.0 Å². The van der Waals surface area contributed by atoms with E-state index in [0.717, 1.165) is 5.39 Å². The number of hydrogen-bond acceptors (Lipinski definition) is 3. The molecule has 17 heavy (non-hydrogen) atoms. The fourth-order valence-corrected chi connectivity index (χ4v) is 2.11. The minimum Gasteiger partial charge on any atom is -0.464 e. The summed E-state index contributed by atoms with van der Waals surface area (Å²) >= 11 is 3.25. The first kappa shape index (κ1) is 12.3. The van der Waals surface area contributed by atoms with Crippen molar-refractivity contribution >= 4 is 32.7 Å². The summed E-state index contributed by atoms with van der Waals surface area (Å²) in [7, 11) is 0. The summed E-state index contributed by atoms with van der Waals surface area (Å²) in [5.74, 6) is 0.538. The summed E-state index contributed by atoms with van der Waals surface area (Å²) < 4.78 is 30.2. The maximum atomic E-state index is 12.5. The quantitative estimate of drug-likeness (QED) is 0.794. The molecule has 0 aliphatic carbocycles. The van der Waals surface area contributed by atoms with Gasteiger partial charge < -0.3 is 9.32 Å². The molecule has 3 nitrogen and oxygen atoms in total. The lowest BCUT2D eigenvalue weighted by atomic mass is 10.3. The monoisotopic (exact) mass is 304 g/mol. The minimum absolute atomic E-state index is 0.330. The van der Waals surface area contributed by atoms with Gasteiger partial charge >= 0.3 is 0 Å². The van der Waals surface area contributed by atoms with Crippen molar-refractivity contribution in [3.63, 3.8) is 0 Å². The van der Waals surface area contributed by atoms with Crippen LogP contribution in [-0.2, 0) is 0 Å². The molecular formula is C11H11BrF2N2O. The highest BCUT2D eigenvalue weighted by Crippen LogP contribution is 2.25. The molecule has 2 heterocycles. The molecule has 0 bridgehead atoms. The van der Waals surface area contributed by atoms with Gasteiger partial charge in [0.15, 0.2) is 0 Å². The van der Waals surface area contributed by atoms with Gasteiger partial charge in [-0.15, -0.1) is 0 Å². The first-order valence-corrected chi connectivity index (χ1v) is 6.26. The second-order valence-electron chi connectivity index (χ2n) is 3.49. The van der Waals surface area contributed by atoms with Crippen LogP contribution in [0, 0.1) is 0 Å². The summed E-state index contributed by atoms with van der Waals surface area (Å²) in [6, 6.07) is 3.46. The Balaban J connectivity index is 2.36. The van der Waals surface area contributed by atoms with Crippen LogP contribution in [0.3, 0.4) is 0 Å². The number of hydrogen-bond donors (Lipinski definition) is 0. The minimum atomic E-state index is -2.39. The molecule has 0 aliphatic rings. The third kappa shape index (κ3) is 2.74. The smallest absolute Gasteiger partial charge is 0.255 e. The van der Waals surface area contributed by atoms with Crippen LogP contribution < -0.4 is 4.90 Å². The van der Waals surface area contributed by atoms with Crippen LogP contribution in [0.15, 0.2) is 29.0 Å². The van der Waals surface area contributed by atoms with Gasteiger partial charge in [0.25, 0.3) is 6.43 Å². The first-order chi connectivity index (χ1) is 8.22. The summed E-state index contributed by atoms with van der Waals surface area (Å²) in [6.45, 7) is 0.143. The van der Waals surface area contributed by atoms with E-state index in [1.807, 2.05) is 0 Å². The summed E-state index contributed by atoms with van der Waals surface area (Å²) in [5.41, 5.74) is 0.656. The number of alkyl halides is 3. The average Bonchev–Trinajstić information content (AvgIpc) is 2.75. The molecular weight excluding hydrogens is 294 g/mol. The molecule has 0 spiro atoms. The van der Waals surface area contributed by atoms with Crippen LogP contribution >= 0.6 is 15.9 Å². The molecule has 0 unspecified atom stereocenters. The Labute approximate surface area is 106 Å². The Morgan fingerprint density at radius 3 is 2.94 bits per heavy atom. The Hall–Kier alpha value is -1.17. The van der Waals surface area contributed by atoms with Gasteiger partial charge in [-0.2, -0.15) is 0 Å². The lowest BCUT2D eigenvalue weighted by Crippen LogP contribution is -2.31. The number of rotatable bonds is 5. The molecule has 6 heteroatoms. The van der Waals surface area contributed by atoms with Gasteiger partial charge in [-0.1, -0.05) is 15.9 Å². The van der Waals surface area contributed by atoms with E-state index < -0.39 is 6.43 Å². The van der Waals surface area contributed by atoms with Gasteiger partial charge in [-0.3, -0.25) is 0 Å². The van der Waals surface area contributed by atoms with Crippen LogP contribution in [-0.4, -0.2) is 29.8 Å². The normalized spacial score (nSPS) is 11.3. The fourth-order valence-electron chi connectivity index (χ4n) is 1.68. The van der Waals surface area contributed by atoms with E-state index in [2.05, 4.69) is 20.9 Å². The van der Waals surface area contributed by atoms with Crippen molar-refractivity contribution in [2.75, 3.05) is 23.3 Å². The van der Waals surface area contributed by atoms with E-state index in [1.54, 1.807) is 23.2 Å². The van der Waals surface area contributed by atoms with Gasteiger partial charge in [0, 0.05) is 18.1 Å². The summed E-state index contributed by atoms with van der Waals surface area (Å²) in [4.78, 5) is 5.72. The number of aromatic nitrogens is 1. The highest BCUT2D eigenvalue weighted by atomic mass is 79.9. The average molecular weight is 305 g/mol. The molecule has 0 atom stereocenters. The van der Waals surface area contributed by atoms with Gasteiger partial charge in [0.05, 0.1) is 18.2 Å². The molecule has 0 saturated heterocycles. The molecule has 2 aromatic heterocycles. The molecule has 92 valence electrons. The van der Waals surface area contributed by atoms with Gasteiger partial charge in [0.1, 0.15) is 11.4 Å². The molecule has 0 N–H and O–H groups in total. The highest BCUT2D eigenvalue weighted by molar-refractivity contribution is 9.09. The predicted octanol–water partition coefficient (Wildman–Crippen LogP) is 3.29. The van der Waals surface area contributed by atoms with E-state index >= 15 is 0 Å². The van der Waals surface area contributed by atoms with Crippen molar-refractivity contribution in [2.24, 2.45) is 0 Å². The fraction of sp³-hybridized carbons (Fsp3) is 0.364. The number of nitrogens with zero attached hydrogens (tertiary/aromatic N) is 2. The lowest BCUT2D eigenvalue weighted by Gasteiger charge is -2.22. The summed E-state index contributed by atoms with van der Waals surface area (Å²) in [5, 5.41) is 1.37. The molecule has 0 aromatic carbocycles. The SMILES string of the molecule is FC(F)CN(CCBr)c1nccc2occc12. The summed E-state index contributed by atoms with van der Waals surface area (Å²) in [6.07, 6.45) is 0.705. The van der Waals surface area contributed by atoms with E-state index in [0.29, 0.717) is 23.3 Å². The van der Waals surface area contributed by atoms with Crippen LogP contribution in [0.5, 0.6) is 0 Å². The highest BCUT2D eigenvalue weighted by Gasteiger charge is 2.16. The van der Waals surface area contributed by atoms with Gasteiger partial charge in [0.2, 0.25) is 0 Å². The molecule has 0 radical (unpaired) electrons. The van der Waals surface area contributed by atoms with Crippen molar-refractivity contribution in [3.05, 3.63) is 24.6 Å². The maximum absolute atomic E-state index is 12.5. The third-order valence-corrected chi connectivity index (χ3v) is 2.73. The molecule has 0 aliphatic heterocycles. The third-order valence-electron chi connectivity index (χ3n) is 2.37. The van der Waals surface area contributed by atoms with Crippen molar-refractivity contribution in [2.45, 2.75) is 6.43 Å². The van der Waals surface area contributed by atoms with E-state index in [-0.39, 0.29) is 6.54 Å². The molecule has 0 saturated carbocycles. The Morgan fingerprint density at radius 1 is 1.41 bits per heavy atom. The lowest BCUT2D eigenvalue weighted by molar-refractivity contribution is 0.155. The molecule has 2 aromatic rings. The first-order valence-electron chi connectivity index (χ1n) is 5.13. The largest absolute Gasteiger partial charge is 0.464 e. The number of fused-ring (bicyclic) bond motifs is 1.